The van der Waals surface area contributed by atoms with E-state index >= 15 is 0 Å². The van der Waals surface area contributed by atoms with Gasteiger partial charge >= 0.3 is 0 Å². The van der Waals surface area contributed by atoms with Gasteiger partial charge in [0.05, 0.1) is 23.2 Å². The van der Waals surface area contributed by atoms with Gasteiger partial charge in [-0.2, -0.15) is 5.10 Å². The normalized spacial score (nSPS) is 11.7. The summed E-state index contributed by atoms with van der Waals surface area (Å²) in [6, 6.07) is 5.76. The molecule has 0 aliphatic rings. The average molecular weight is 516 g/mol. The second-order valence-electron chi connectivity index (χ2n) is 9.05. The highest BCUT2D eigenvalue weighted by Gasteiger charge is 2.19. The van der Waals surface area contributed by atoms with Crippen molar-refractivity contribution < 1.29 is 18.6 Å². The minimum atomic E-state index is -0.908. The molecule has 0 atom stereocenters. The second kappa shape index (κ2) is 9.79. The number of pyridine rings is 3. The summed E-state index contributed by atoms with van der Waals surface area (Å²) in [5.74, 6) is -1.14. The van der Waals surface area contributed by atoms with E-state index in [-0.39, 0.29) is 23.1 Å². The van der Waals surface area contributed by atoms with Gasteiger partial charge in [0.25, 0.3) is 5.56 Å². The highest BCUT2D eigenvalue weighted by atomic mass is 35.5. The fraction of sp³-hybridized carbons (Fsp3) is 0.280. The van der Waals surface area contributed by atoms with Gasteiger partial charge in [-0.1, -0.05) is 11.6 Å². The molecular weight excluding hydrogens is 492 g/mol. The third-order valence-electron chi connectivity index (χ3n) is 5.34. The molecule has 0 aliphatic heterocycles. The van der Waals surface area contributed by atoms with Crippen LogP contribution >= 0.6 is 11.6 Å². The van der Waals surface area contributed by atoms with Crippen LogP contribution in [-0.4, -0.2) is 35.0 Å². The molecule has 0 aliphatic carbocycles. The van der Waals surface area contributed by atoms with Crippen LogP contribution in [0, 0.1) is 25.5 Å². The molecule has 0 bridgehead atoms. The van der Waals surface area contributed by atoms with Crippen LogP contribution in [0.2, 0.25) is 5.02 Å². The average Bonchev–Trinajstić information content (AvgIpc) is 3.24. The van der Waals surface area contributed by atoms with Crippen LogP contribution in [0.25, 0.3) is 11.5 Å². The van der Waals surface area contributed by atoms with Crippen molar-refractivity contribution in [3.63, 3.8) is 0 Å². The fourth-order valence-electron chi connectivity index (χ4n) is 3.68. The predicted molar refractivity (Wildman–Crippen MR) is 130 cm³/mol. The van der Waals surface area contributed by atoms with E-state index in [0.717, 1.165) is 11.8 Å². The molecule has 0 saturated carbocycles. The number of aromatic nitrogens is 5. The van der Waals surface area contributed by atoms with E-state index < -0.39 is 22.8 Å². The monoisotopic (exact) mass is 515 g/mol. The first-order valence-corrected chi connectivity index (χ1v) is 11.4. The fourth-order valence-corrected chi connectivity index (χ4v) is 3.87. The molecule has 4 aromatic rings. The van der Waals surface area contributed by atoms with Gasteiger partial charge in [0, 0.05) is 42.7 Å². The van der Waals surface area contributed by atoms with E-state index in [1.807, 2.05) is 6.92 Å². The molecule has 36 heavy (non-hydrogen) atoms. The van der Waals surface area contributed by atoms with Crippen LogP contribution in [-0.2, 0) is 13.0 Å². The summed E-state index contributed by atoms with van der Waals surface area (Å²) in [6.07, 6.45) is 4.59. The number of aryl methyl sites for hydroxylation is 2. The smallest absolute Gasteiger partial charge is 0.277 e. The molecule has 0 unspecified atom stereocenters. The van der Waals surface area contributed by atoms with Crippen LogP contribution < -0.4 is 10.3 Å². The Bertz CT molecular complexity index is 1490. The lowest BCUT2D eigenvalue weighted by atomic mass is 10.0. The highest BCUT2D eigenvalue weighted by molar-refractivity contribution is 6.31. The van der Waals surface area contributed by atoms with Crippen LogP contribution in [0.5, 0.6) is 5.75 Å². The maximum absolute atomic E-state index is 13.9. The molecule has 4 rings (SSSR count). The van der Waals surface area contributed by atoms with Crippen molar-refractivity contribution >= 4 is 11.6 Å². The standard InChI is InChI=1S/C25H24ClF2N5O3/c1-14-11-30-22(32-6-5-17(31-32)10-25(3,4)35)9-20(14)33-15(2)7-21(23(26)24(33)34)36-13-19-18(28)8-16(27)12-29-19/h5-9,11-12,35H,10,13H2,1-4H3. The van der Waals surface area contributed by atoms with Crippen LogP contribution in [0.1, 0.15) is 36.5 Å². The van der Waals surface area contributed by atoms with Crippen molar-refractivity contribution in [3.05, 3.63) is 92.5 Å². The maximum Gasteiger partial charge on any atom is 0.277 e. The zero-order valence-corrected chi connectivity index (χ0v) is 20.8. The second-order valence-corrected chi connectivity index (χ2v) is 9.42. The molecule has 4 aromatic heterocycles. The first kappa shape index (κ1) is 25.5. The van der Waals surface area contributed by atoms with Gasteiger partial charge in [-0.15, -0.1) is 0 Å². The molecule has 11 heteroatoms. The van der Waals surface area contributed by atoms with Crippen molar-refractivity contribution in [3.8, 4) is 17.3 Å². The molecule has 0 fully saturated rings. The number of ether oxygens (including phenoxy) is 1. The molecule has 0 aromatic carbocycles. The molecule has 8 nitrogen and oxygen atoms in total. The number of hydrogen-bond donors (Lipinski definition) is 1. The lowest BCUT2D eigenvalue weighted by Gasteiger charge is -2.17. The van der Waals surface area contributed by atoms with Gasteiger partial charge in [-0.25, -0.2) is 18.4 Å². The van der Waals surface area contributed by atoms with Gasteiger partial charge < -0.3 is 9.84 Å². The summed E-state index contributed by atoms with van der Waals surface area (Å²) < 4.78 is 35.5. The first-order chi connectivity index (χ1) is 16.9. The minimum absolute atomic E-state index is 0.0520. The van der Waals surface area contributed by atoms with Crippen molar-refractivity contribution in [2.75, 3.05) is 0 Å². The Morgan fingerprint density at radius 2 is 1.89 bits per heavy atom. The SMILES string of the molecule is Cc1cnc(-n2ccc(CC(C)(C)O)n2)cc1-n1c(C)cc(OCc2ncc(F)cc2F)c(Cl)c1=O. The largest absolute Gasteiger partial charge is 0.485 e. The van der Waals surface area contributed by atoms with Crippen LogP contribution in [0.4, 0.5) is 8.78 Å². The maximum atomic E-state index is 13.9. The zero-order chi connectivity index (χ0) is 26.2. The molecule has 1 N–H and O–H groups in total. The Morgan fingerprint density at radius 3 is 2.58 bits per heavy atom. The quantitative estimate of drug-likeness (QED) is 0.395. The Labute approximate surface area is 210 Å². The summed E-state index contributed by atoms with van der Waals surface area (Å²) in [5.41, 5.74) is 0.896. The zero-order valence-electron chi connectivity index (χ0n) is 20.1. The Balaban J connectivity index is 1.67. The Morgan fingerprint density at radius 1 is 1.14 bits per heavy atom. The van der Waals surface area contributed by atoms with E-state index in [4.69, 9.17) is 16.3 Å². The number of nitrogens with zero attached hydrogens (tertiary/aromatic N) is 5. The summed E-state index contributed by atoms with van der Waals surface area (Å²) in [6.45, 7) is 6.58. The van der Waals surface area contributed by atoms with Gasteiger partial charge in [0.1, 0.15) is 28.9 Å². The first-order valence-electron chi connectivity index (χ1n) is 11.0. The van der Waals surface area contributed by atoms with Crippen molar-refractivity contribution in [2.45, 2.75) is 46.3 Å². The third-order valence-corrected chi connectivity index (χ3v) is 5.69. The van der Waals surface area contributed by atoms with Gasteiger partial charge in [-0.3, -0.25) is 14.3 Å². The van der Waals surface area contributed by atoms with E-state index in [1.54, 1.807) is 56.0 Å². The molecule has 188 valence electrons. The Hall–Kier alpha value is -3.63. The molecular formula is C25H24ClF2N5O3. The summed E-state index contributed by atoms with van der Waals surface area (Å²) in [5, 5.41) is 14.3. The van der Waals surface area contributed by atoms with Crippen LogP contribution in [0.3, 0.4) is 0 Å². The summed E-state index contributed by atoms with van der Waals surface area (Å²) in [7, 11) is 0. The van der Waals surface area contributed by atoms with Gasteiger partial charge in [0.2, 0.25) is 0 Å². The molecule has 0 saturated heterocycles. The number of hydrogen-bond acceptors (Lipinski definition) is 6. The topological polar surface area (TPSA) is 95.1 Å². The van der Waals surface area contributed by atoms with E-state index in [1.165, 1.54) is 4.57 Å². The number of halogens is 3. The number of rotatable bonds is 7. The Kier molecular flexibility index (Phi) is 6.92. The van der Waals surface area contributed by atoms with Crippen molar-refractivity contribution in [2.24, 2.45) is 0 Å². The van der Waals surface area contributed by atoms with Crippen molar-refractivity contribution in [1.82, 2.24) is 24.3 Å². The summed E-state index contributed by atoms with van der Waals surface area (Å²) in [4.78, 5) is 21.3. The summed E-state index contributed by atoms with van der Waals surface area (Å²) >= 11 is 6.34. The molecule has 0 amide bonds. The van der Waals surface area contributed by atoms with E-state index in [0.29, 0.717) is 35.4 Å². The molecule has 4 heterocycles. The van der Waals surface area contributed by atoms with Gasteiger partial charge in [-0.05, 0) is 39.3 Å². The molecule has 0 spiro atoms. The molecule has 0 radical (unpaired) electrons. The predicted octanol–water partition coefficient (Wildman–Crippen LogP) is 4.25. The van der Waals surface area contributed by atoms with Crippen LogP contribution in [0.15, 0.2) is 47.7 Å². The lowest BCUT2D eigenvalue weighted by Crippen LogP contribution is -2.23. The third kappa shape index (κ3) is 5.44. The lowest BCUT2D eigenvalue weighted by molar-refractivity contribution is 0.0798. The van der Waals surface area contributed by atoms with E-state index in [2.05, 4.69) is 15.1 Å². The van der Waals surface area contributed by atoms with Gasteiger partial charge in [0.15, 0.2) is 11.6 Å². The number of aliphatic hydroxyl groups is 1. The highest BCUT2D eigenvalue weighted by Crippen LogP contribution is 2.26. The van der Waals surface area contributed by atoms with Crippen molar-refractivity contribution in [1.29, 1.82) is 0 Å². The van der Waals surface area contributed by atoms with E-state index in [9.17, 15) is 18.7 Å². The minimum Gasteiger partial charge on any atom is -0.485 e.